The highest BCUT2D eigenvalue weighted by atomic mass is 32.2. The Morgan fingerprint density at radius 1 is 0.967 bits per heavy atom. The first-order chi connectivity index (χ1) is 14.4. The van der Waals surface area contributed by atoms with E-state index >= 15 is 0 Å². The average Bonchev–Trinajstić information content (AvgIpc) is 3.19. The number of hydrogen-bond donors (Lipinski definition) is 1. The summed E-state index contributed by atoms with van der Waals surface area (Å²) in [5.74, 6) is 1.26. The number of amides is 1. The van der Waals surface area contributed by atoms with Gasteiger partial charge in [0.2, 0.25) is 5.91 Å². The van der Waals surface area contributed by atoms with Gasteiger partial charge in [-0.15, -0.1) is 10.2 Å². The fourth-order valence-corrected chi connectivity index (χ4v) is 5.49. The third-order valence-corrected chi connectivity index (χ3v) is 7.73. The maximum Gasteiger partial charge on any atom is 0.230 e. The number of carbonyl (C=O) groups is 1. The van der Waals surface area contributed by atoms with E-state index in [1.165, 1.54) is 46.4 Å². The number of nitrogens with one attached hydrogen (secondary N) is 1. The topological polar surface area (TPSA) is 54.9 Å². The number of hydrogen-bond acceptors (Lipinski definition) is 6. The van der Waals surface area contributed by atoms with Gasteiger partial charge in [-0.1, -0.05) is 85.1 Å². The van der Waals surface area contributed by atoms with Crippen LogP contribution in [-0.4, -0.2) is 21.9 Å². The van der Waals surface area contributed by atoms with Crippen molar-refractivity contribution in [1.82, 2.24) is 15.5 Å². The van der Waals surface area contributed by atoms with Crippen molar-refractivity contribution in [2.45, 2.75) is 47.2 Å². The third kappa shape index (κ3) is 6.82. The second-order valence-electron chi connectivity index (χ2n) is 7.15. The van der Waals surface area contributed by atoms with Gasteiger partial charge in [-0.05, 0) is 41.7 Å². The fourth-order valence-electron chi connectivity index (χ4n) is 2.70. The zero-order chi connectivity index (χ0) is 21.5. The normalized spacial score (nSPS) is 12.2. The highest BCUT2D eigenvalue weighted by Crippen LogP contribution is 2.31. The van der Waals surface area contributed by atoms with E-state index in [1.54, 1.807) is 23.9 Å². The summed E-state index contributed by atoms with van der Waals surface area (Å²) in [5, 5.41) is 11.3. The highest BCUT2D eigenvalue weighted by Gasteiger charge is 2.12. The summed E-state index contributed by atoms with van der Waals surface area (Å²) in [7, 11) is 0. The Balaban J connectivity index is 1.43. The molecule has 0 radical (unpaired) electrons. The lowest BCUT2D eigenvalue weighted by Crippen LogP contribution is -2.28. The molecule has 4 nitrogen and oxygen atoms in total. The fraction of sp³-hybridized carbons (Fsp3) is 0.318. The molecule has 0 bridgehead atoms. The molecule has 0 aliphatic heterocycles. The number of benzene rings is 2. The first-order valence-corrected chi connectivity index (χ1v) is 12.4. The van der Waals surface area contributed by atoms with Crippen LogP contribution in [0.4, 0.5) is 4.39 Å². The molecule has 0 saturated heterocycles. The Morgan fingerprint density at radius 3 is 2.20 bits per heavy atom. The van der Waals surface area contributed by atoms with Crippen LogP contribution in [0.15, 0.2) is 57.2 Å². The van der Waals surface area contributed by atoms with Crippen molar-refractivity contribution in [3.63, 3.8) is 0 Å². The number of aromatic nitrogens is 2. The largest absolute Gasteiger partial charge is 0.349 e. The minimum atomic E-state index is -0.287. The monoisotopic (exact) mass is 461 g/mol. The molecular formula is C22H24FN3OS3. The molecule has 1 amide bonds. The summed E-state index contributed by atoms with van der Waals surface area (Å²) in [4.78, 5) is 12.2. The Bertz CT molecular complexity index is 959. The predicted molar refractivity (Wildman–Crippen MR) is 124 cm³/mol. The molecule has 1 atom stereocenters. The van der Waals surface area contributed by atoms with Gasteiger partial charge in [0.1, 0.15) is 5.82 Å². The van der Waals surface area contributed by atoms with Gasteiger partial charge in [0, 0.05) is 5.75 Å². The number of halogens is 1. The molecule has 1 heterocycles. The molecule has 30 heavy (non-hydrogen) atoms. The van der Waals surface area contributed by atoms with E-state index in [1.807, 2.05) is 6.92 Å². The maximum atomic E-state index is 13.0. The predicted octanol–water partition coefficient (Wildman–Crippen LogP) is 6.06. The van der Waals surface area contributed by atoms with Crippen LogP contribution in [0.1, 0.15) is 49.4 Å². The van der Waals surface area contributed by atoms with E-state index in [2.05, 4.69) is 53.6 Å². The van der Waals surface area contributed by atoms with Gasteiger partial charge in [0.15, 0.2) is 8.68 Å². The summed E-state index contributed by atoms with van der Waals surface area (Å²) in [5.41, 5.74) is 3.46. The standard InChI is InChI=1S/C22H24FN3OS3/c1-14(2)17-6-4-16(5-7-17)12-28-21-25-26-22(30-21)29-13-20(27)24-15(3)18-8-10-19(23)11-9-18/h4-11,14-15H,12-13H2,1-3H3,(H,24,27). The van der Waals surface area contributed by atoms with Crippen molar-refractivity contribution in [3.05, 3.63) is 71.0 Å². The Kier molecular flexibility index (Phi) is 8.30. The van der Waals surface area contributed by atoms with Crippen molar-refractivity contribution in [1.29, 1.82) is 0 Å². The van der Waals surface area contributed by atoms with Gasteiger partial charge in [0.25, 0.3) is 0 Å². The first-order valence-electron chi connectivity index (χ1n) is 9.63. The zero-order valence-corrected chi connectivity index (χ0v) is 19.5. The van der Waals surface area contributed by atoms with Crippen molar-refractivity contribution in [3.8, 4) is 0 Å². The smallest absolute Gasteiger partial charge is 0.230 e. The second kappa shape index (κ2) is 10.9. The maximum absolute atomic E-state index is 13.0. The molecule has 1 aromatic heterocycles. The molecule has 0 aliphatic rings. The average molecular weight is 462 g/mol. The number of nitrogens with zero attached hydrogens (tertiary/aromatic N) is 2. The van der Waals surface area contributed by atoms with Crippen molar-refractivity contribution < 1.29 is 9.18 Å². The van der Waals surface area contributed by atoms with E-state index < -0.39 is 0 Å². The lowest BCUT2D eigenvalue weighted by Gasteiger charge is -2.13. The molecule has 3 aromatic rings. The van der Waals surface area contributed by atoms with Crippen LogP contribution in [0.3, 0.4) is 0 Å². The molecule has 1 unspecified atom stereocenters. The molecule has 1 N–H and O–H groups in total. The lowest BCUT2D eigenvalue weighted by atomic mass is 10.0. The van der Waals surface area contributed by atoms with Crippen LogP contribution in [0, 0.1) is 5.82 Å². The quantitative estimate of drug-likeness (QED) is 0.392. The van der Waals surface area contributed by atoms with Crippen molar-refractivity contribution in [2.75, 3.05) is 5.75 Å². The van der Waals surface area contributed by atoms with E-state index in [0.29, 0.717) is 5.92 Å². The van der Waals surface area contributed by atoms with E-state index in [0.717, 1.165) is 20.0 Å². The van der Waals surface area contributed by atoms with Crippen molar-refractivity contribution >= 4 is 40.8 Å². The third-order valence-electron chi connectivity index (χ3n) is 4.47. The Morgan fingerprint density at radius 2 is 1.57 bits per heavy atom. The zero-order valence-electron chi connectivity index (χ0n) is 17.1. The molecule has 0 fully saturated rings. The number of thioether (sulfide) groups is 2. The summed E-state index contributed by atoms with van der Waals surface area (Å²) in [6.45, 7) is 6.25. The van der Waals surface area contributed by atoms with Gasteiger partial charge in [-0.2, -0.15) is 0 Å². The molecule has 0 aliphatic carbocycles. The first kappa shape index (κ1) is 22.8. The summed E-state index contributed by atoms with van der Waals surface area (Å²) >= 11 is 4.53. The van der Waals surface area contributed by atoms with Crippen LogP contribution >= 0.6 is 34.9 Å². The van der Waals surface area contributed by atoms with Gasteiger partial charge >= 0.3 is 0 Å². The van der Waals surface area contributed by atoms with Crippen LogP contribution in [0.2, 0.25) is 0 Å². The Labute approximate surface area is 189 Å². The lowest BCUT2D eigenvalue weighted by molar-refractivity contribution is -0.119. The molecular weight excluding hydrogens is 437 g/mol. The summed E-state index contributed by atoms with van der Waals surface area (Å²) in [6.07, 6.45) is 0. The van der Waals surface area contributed by atoms with Gasteiger partial charge < -0.3 is 5.32 Å². The second-order valence-corrected chi connectivity index (χ2v) is 10.6. The minimum Gasteiger partial charge on any atom is -0.349 e. The number of carbonyl (C=O) groups excluding carboxylic acids is 1. The van der Waals surface area contributed by atoms with Gasteiger partial charge in [-0.3, -0.25) is 4.79 Å². The molecule has 0 saturated carbocycles. The van der Waals surface area contributed by atoms with Crippen LogP contribution < -0.4 is 5.32 Å². The molecule has 2 aromatic carbocycles. The van der Waals surface area contributed by atoms with E-state index in [-0.39, 0.29) is 23.5 Å². The van der Waals surface area contributed by atoms with E-state index in [9.17, 15) is 9.18 Å². The van der Waals surface area contributed by atoms with Gasteiger partial charge in [-0.25, -0.2) is 4.39 Å². The molecule has 8 heteroatoms. The van der Waals surface area contributed by atoms with Crippen LogP contribution in [0.25, 0.3) is 0 Å². The molecule has 3 rings (SSSR count). The minimum absolute atomic E-state index is 0.0912. The van der Waals surface area contributed by atoms with Crippen molar-refractivity contribution in [2.24, 2.45) is 0 Å². The Hall–Kier alpha value is -1.90. The molecule has 158 valence electrons. The molecule has 0 spiro atoms. The van der Waals surface area contributed by atoms with E-state index in [4.69, 9.17) is 0 Å². The summed E-state index contributed by atoms with van der Waals surface area (Å²) < 4.78 is 14.7. The SMILES string of the molecule is CC(C)c1ccc(CSc2nnc(SCC(=O)NC(C)c3ccc(F)cc3)s2)cc1. The van der Waals surface area contributed by atoms with Gasteiger partial charge in [0.05, 0.1) is 11.8 Å². The highest BCUT2D eigenvalue weighted by molar-refractivity contribution is 8.03. The number of rotatable bonds is 9. The summed E-state index contributed by atoms with van der Waals surface area (Å²) in [6, 6.07) is 14.6. The van der Waals surface area contributed by atoms with Crippen LogP contribution in [-0.2, 0) is 10.5 Å². The van der Waals surface area contributed by atoms with Crippen LogP contribution in [0.5, 0.6) is 0 Å².